The van der Waals surface area contributed by atoms with Gasteiger partial charge in [-0.15, -0.1) is 0 Å². The molecule has 0 radical (unpaired) electrons. The van der Waals surface area contributed by atoms with E-state index >= 15 is 0 Å². The number of hydrazine groups is 1. The van der Waals surface area contributed by atoms with Crippen molar-refractivity contribution in [2.45, 2.75) is 44.8 Å². The van der Waals surface area contributed by atoms with E-state index in [9.17, 15) is 9.90 Å². The SMILES string of the molecule is CCC1NN2C(=O)C(CCO)=C(C)NC2C1c1ccc(Cl)cc1. The largest absolute Gasteiger partial charge is 0.396 e. The molecule has 1 amide bonds. The van der Waals surface area contributed by atoms with Gasteiger partial charge in [0.1, 0.15) is 6.17 Å². The van der Waals surface area contributed by atoms with Gasteiger partial charge in [0.25, 0.3) is 5.91 Å². The molecule has 2 aliphatic heterocycles. The summed E-state index contributed by atoms with van der Waals surface area (Å²) in [6.07, 6.45) is 1.14. The Balaban J connectivity index is 1.95. The molecule has 3 unspecified atom stereocenters. The number of nitrogens with zero attached hydrogens (tertiary/aromatic N) is 1. The standard InChI is InChI=1S/C17H22ClN3O2/c1-3-14-15(11-4-6-12(18)7-5-11)16-19-10(2)13(8-9-22)17(23)21(16)20-14/h4-7,14-16,19-20,22H,3,8-9H2,1-2H3. The number of benzene rings is 1. The Kier molecular flexibility index (Phi) is 4.62. The molecule has 1 aromatic carbocycles. The Bertz CT molecular complexity index is 629. The van der Waals surface area contributed by atoms with Crippen LogP contribution in [0.15, 0.2) is 35.5 Å². The maximum Gasteiger partial charge on any atom is 0.267 e. The molecule has 3 atom stereocenters. The number of halogens is 1. The summed E-state index contributed by atoms with van der Waals surface area (Å²) in [4.78, 5) is 12.7. The Hall–Kier alpha value is -1.56. The van der Waals surface area contributed by atoms with Gasteiger partial charge in [-0.25, -0.2) is 5.43 Å². The Labute approximate surface area is 141 Å². The average Bonchev–Trinajstić information content (AvgIpc) is 2.91. The minimum absolute atomic E-state index is 0.0313. The molecule has 124 valence electrons. The number of hydrogen-bond donors (Lipinski definition) is 3. The summed E-state index contributed by atoms with van der Waals surface area (Å²) in [7, 11) is 0. The minimum atomic E-state index is -0.129. The van der Waals surface area contributed by atoms with E-state index in [2.05, 4.69) is 17.7 Å². The van der Waals surface area contributed by atoms with Gasteiger partial charge in [-0.1, -0.05) is 30.7 Å². The van der Waals surface area contributed by atoms with Crippen LogP contribution in [0.3, 0.4) is 0 Å². The van der Waals surface area contributed by atoms with E-state index < -0.39 is 0 Å². The first-order valence-corrected chi connectivity index (χ1v) is 8.37. The number of aliphatic hydroxyl groups excluding tert-OH is 1. The van der Waals surface area contributed by atoms with Crippen molar-refractivity contribution in [3.8, 4) is 0 Å². The van der Waals surface area contributed by atoms with Gasteiger partial charge in [0, 0.05) is 41.3 Å². The molecule has 0 spiro atoms. The fraction of sp³-hybridized carbons (Fsp3) is 0.471. The Morgan fingerprint density at radius 3 is 2.61 bits per heavy atom. The van der Waals surface area contributed by atoms with Gasteiger partial charge in [-0.3, -0.25) is 9.80 Å². The van der Waals surface area contributed by atoms with Crippen molar-refractivity contribution in [2.24, 2.45) is 0 Å². The molecule has 2 aliphatic rings. The first-order valence-electron chi connectivity index (χ1n) is 7.99. The third kappa shape index (κ3) is 2.84. The third-order valence-electron chi connectivity index (χ3n) is 4.71. The molecule has 23 heavy (non-hydrogen) atoms. The lowest BCUT2D eigenvalue weighted by Gasteiger charge is -2.35. The number of carbonyl (C=O) groups excluding carboxylic acids is 1. The van der Waals surface area contributed by atoms with Crippen molar-refractivity contribution in [1.29, 1.82) is 0 Å². The molecule has 3 rings (SSSR count). The van der Waals surface area contributed by atoms with Crippen LogP contribution in [0.2, 0.25) is 5.02 Å². The van der Waals surface area contributed by atoms with E-state index in [0.29, 0.717) is 17.0 Å². The second-order valence-electron chi connectivity index (χ2n) is 6.06. The third-order valence-corrected chi connectivity index (χ3v) is 4.96. The summed E-state index contributed by atoms with van der Waals surface area (Å²) in [6.45, 7) is 3.98. The highest BCUT2D eigenvalue weighted by Crippen LogP contribution is 2.36. The van der Waals surface area contributed by atoms with E-state index in [0.717, 1.165) is 17.7 Å². The molecule has 3 N–H and O–H groups in total. The van der Waals surface area contributed by atoms with Crippen molar-refractivity contribution >= 4 is 17.5 Å². The van der Waals surface area contributed by atoms with Crippen molar-refractivity contribution in [3.63, 3.8) is 0 Å². The van der Waals surface area contributed by atoms with Crippen molar-refractivity contribution in [1.82, 2.24) is 15.8 Å². The molecule has 0 bridgehead atoms. The summed E-state index contributed by atoms with van der Waals surface area (Å²) in [5.74, 6) is 0.0991. The Morgan fingerprint density at radius 1 is 1.30 bits per heavy atom. The minimum Gasteiger partial charge on any atom is -0.396 e. The van der Waals surface area contributed by atoms with Crippen molar-refractivity contribution in [3.05, 3.63) is 46.1 Å². The second-order valence-corrected chi connectivity index (χ2v) is 6.50. The van der Waals surface area contributed by atoms with Crippen LogP contribution in [-0.4, -0.2) is 34.8 Å². The number of aliphatic hydroxyl groups is 1. The van der Waals surface area contributed by atoms with E-state index in [-0.39, 0.29) is 30.6 Å². The van der Waals surface area contributed by atoms with E-state index in [1.54, 1.807) is 5.01 Å². The second kappa shape index (κ2) is 6.51. The van der Waals surface area contributed by atoms with Crippen LogP contribution in [0, 0.1) is 0 Å². The van der Waals surface area contributed by atoms with Gasteiger partial charge in [0.05, 0.1) is 0 Å². The molecule has 0 aromatic heterocycles. The quantitative estimate of drug-likeness (QED) is 0.788. The van der Waals surface area contributed by atoms with Gasteiger partial charge < -0.3 is 10.4 Å². The molecule has 1 aromatic rings. The molecule has 1 fully saturated rings. The van der Waals surface area contributed by atoms with E-state index in [1.807, 2.05) is 31.2 Å². The summed E-state index contributed by atoms with van der Waals surface area (Å²) < 4.78 is 0. The van der Waals surface area contributed by atoms with Gasteiger partial charge in [0.15, 0.2) is 0 Å². The summed E-state index contributed by atoms with van der Waals surface area (Å²) in [5.41, 5.74) is 5.98. The summed E-state index contributed by atoms with van der Waals surface area (Å²) in [6, 6.07) is 7.98. The smallest absolute Gasteiger partial charge is 0.267 e. The van der Waals surface area contributed by atoms with Crippen LogP contribution in [0.25, 0.3) is 0 Å². The number of rotatable bonds is 4. The van der Waals surface area contributed by atoms with Gasteiger partial charge in [-0.2, -0.15) is 0 Å². The fourth-order valence-electron chi connectivity index (χ4n) is 3.52. The van der Waals surface area contributed by atoms with Crippen molar-refractivity contribution in [2.75, 3.05) is 6.61 Å². The van der Waals surface area contributed by atoms with Crippen LogP contribution < -0.4 is 10.7 Å². The molecule has 1 saturated heterocycles. The molecule has 0 saturated carbocycles. The normalized spacial score (nSPS) is 27.2. The average molecular weight is 336 g/mol. The van der Waals surface area contributed by atoms with Gasteiger partial charge in [0.2, 0.25) is 0 Å². The van der Waals surface area contributed by atoms with Crippen LogP contribution >= 0.6 is 11.6 Å². The lowest BCUT2D eigenvalue weighted by molar-refractivity contribution is -0.133. The topological polar surface area (TPSA) is 64.6 Å². The van der Waals surface area contributed by atoms with Crippen LogP contribution in [-0.2, 0) is 4.79 Å². The predicted molar refractivity (Wildman–Crippen MR) is 89.6 cm³/mol. The highest BCUT2D eigenvalue weighted by molar-refractivity contribution is 6.30. The highest BCUT2D eigenvalue weighted by atomic mass is 35.5. The fourth-order valence-corrected chi connectivity index (χ4v) is 3.65. The van der Waals surface area contributed by atoms with Crippen LogP contribution in [0.4, 0.5) is 0 Å². The summed E-state index contributed by atoms with van der Waals surface area (Å²) >= 11 is 6.00. The number of hydrogen-bond acceptors (Lipinski definition) is 4. The molecule has 2 heterocycles. The number of carbonyl (C=O) groups is 1. The molecule has 0 aliphatic carbocycles. The molecule has 5 nitrogen and oxygen atoms in total. The zero-order valence-corrected chi connectivity index (χ0v) is 14.1. The maximum atomic E-state index is 12.7. The molecular weight excluding hydrogens is 314 g/mol. The lowest BCUT2D eigenvalue weighted by Crippen LogP contribution is -2.54. The Morgan fingerprint density at radius 2 is 2.00 bits per heavy atom. The molecule has 6 heteroatoms. The number of nitrogens with one attached hydrogen (secondary N) is 2. The first kappa shape index (κ1) is 16.3. The number of amides is 1. The zero-order valence-electron chi connectivity index (χ0n) is 13.3. The number of allylic oxidation sites excluding steroid dienone is 1. The zero-order chi connectivity index (χ0) is 16.6. The van der Waals surface area contributed by atoms with Crippen molar-refractivity contribution < 1.29 is 9.90 Å². The van der Waals surface area contributed by atoms with E-state index in [1.165, 1.54) is 0 Å². The number of fused-ring (bicyclic) bond motifs is 1. The predicted octanol–water partition coefficient (Wildman–Crippen LogP) is 2.13. The molecular formula is C17H22ClN3O2. The first-order chi connectivity index (χ1) is 11.1. The lowest BCUT2D eigenvalue weighted by atomic mass is 9.88. The maximum absolute atomic E-state index is 12.7. The van der Waals surface area contributed by atoms with Crippen LogP contribution in [0.1, 0.15) is 38.2 Å². The van der Waals surface area contributed by atoms with Gasteiger partial charge >= 0.3 is 0 Å². The van der Waals surface area contributed by atoms with Gasteiger partial charge in [-0.05, 0) is 31.0 Å². The monoisotopic (exact) mass is 335 g/mol. The van der Waals surface area contributed by atoms with E-state index in [4.69, 9.17) is 11.6 Å². The van der Waals surface area contributed by atoms with Crippen LogP contribution in [0.5, 0.6) is 0 Å². The highest BCUT2D eigenvalue weighted by Gasteiger charge is 2.47. The summed E-state index contributed by atoms with van der Waals surface area (Å²) in [5, 5.41) is 15.0.